The van der Waals surface area contributed by atoms with E-state index in [0.29, 0.717) is 30.3 Å². The van der Waals surface area contributed by atoms with Crippen molar-refractivity contribution < 1.29 is 13.9 Å². The van der Waals surface area contributed by atoms with Gasteiger partial charge in [-0.1, -0.05) is 0 Å². The molecule has 0 aromatic heterocycles. The second-order valence-corrected chi connectivity index (χ2v) is 4.71. The summed E-state index contributed by atoms with van der Waals surface area (Å²) in [6.45, 7) is 4.20. The molecule has 0 spiro atoms. The van der Waals surface area contributed by atoms with Crippen LogP contribution in [-0.4, -0.2) is 32.9 Å². The minimum Gasteiger partial charge on any atom is -0.495 e. The quantitative estimate of drug-likeness (QED) is 0.852. The number of nitrogen functional groups attached to an aromatic ring is 1. The third-order valence-electron chi connectivity index (χ3n) is 3.42. The van der Waals surface area contributed by atoms with Gasteiger partial charge in [0, 0.05) is 31.8 Å². The van der Waals surface area contributed by atoms with Crippen LogP contribution in [0.5, 0.6) is 5.75 Å². The van der Waals surface area contributed by atoms with Gasteiger partial charge in [-0.15, -0.1) is 0 Å². The minimum absolute atomic E-state index is 0.168. The van der Waals surface area contributed by atoms with Gasteiger partial charge in [-0.3, -0.25) is 0 Å². The molecule has 1 saturated heterocycles. The lowest BCUT2D eigenvalue weighted by molar-refractivity contribution is 0.0525. The van der Waals surface area contributed by atoms with Gasteiger partial charge in [0.15, 0.2) is 0 Å². The monoisotopic (exact) mass is 268 g/mol. The predicted molar refractivity (Wildman–Crippen MR) is 74.2 cm³/mol. The number of hydrogen-bond acceptors (Lipinski definition) is 4. The van der Waals surface area contributed by atoms with E-state index in [0.717, 1.165) is 19.4 Å². The number of piperidine rings is 1. The van der Waals surface area contributed by atoms with Crippen molar-refractivity contribution in [3.05, 3.63) is 17.9 Å². The Morgan fingerprint density at radius 2 is 2.26 bits per heavy atom. The molecule has 2 rings (SSSR count). The Balaban J connectivity index is 2.20. The van der Waals surface area contributed by atoms with Crippen molar-refractivity contribution in [2.75, 3.05) is 37.4 Å². The number of benzene rings is 1. The van der Waals surface area contributed by atoms with Crippen LogP contribution in [0.15, 0.2) is 12.1 Å². The number of nitrogens with zero attached hydrogens (tertiary/aromatic N) is 1. The molecule has 1 heterocycles. The number of anilines is 2. The van der Waals surface area contributed by atoms with Crippen molar-refractivity contribution in [1.29, 1.82) is 0 Å². The van der Waals surface area contributed by atoms with Crippen LogP contribution >= 0.6 is 0 Å². The Morgan fingerprint density at radius 3 is 2.95 bits per heavy atom. The SMILES string of the molecule is CCOC1CCCN(c2cc(OC)c(N)cc2F)C1. The van der Waals surface area contributed by atoms with Crippen molar-refractivity contribution in [3.8, 4) is 5.75 Å². The van der Waals surface area contributed by atoms with Crippen LogP contribution in [0.25, 0.3) is 0 Å². The summed E-state index contributed by atoms with van der Waals surface area (Å²) in [5.41, 5.74) is 6.56. The normalized spacial score (nSPS) is 19.5. The number of halogens is 1. The first-order valence-electron chi connectivity index (χ1n) is 6.65. The van der Waals surface area contributed by atoms with E-state index in [1.807, 2.05) is 11.8 Å². The molecule has 1 aromatic rings. The summed E-state index contributed by atoms with van der Waals surface area (Å²) < 4.78 is 24.8. The molecule has 5 heteroatoms. The molecular weight excluding hydrogens is 247 g/mol. The number of hydrogen-bond donors (Lipinski definition) is 1. The Morgan fingerprint density at radius 1 is 1.47 bits per heavy atom. The maximum atomic E-state index is 14.0. The van der Waals surface area contributed by atoms with Crippen molar-refractivity contribution in [2.24, 2.45) is 0 Å². The fourth-order valence-electron chi connectivity index (χ4n) is 2.51. The molecule has 106 valence electrons. The van der Waals surface area contributed by atoms with E-state index in [-0.39, 0.29) is 11.9 Å². The van der Waals surface area contributed by atoms with Crippen LogP contribution in [0.3, 0.4) is 0 Å². The molecule has 0 amide bonds. The van der Waals surface area contributed by atoms with E-state index in [9.17, 15) is 4.39 Å². The van der Waals surface area contributed by atoms with Crippen LogP contribution in [0.4, 0.5) is 15.8 Å². The van der Waals surface area contributed by atoms with Gasteiger partial charge >= 0.3 is 0 Å². The molecule has 1 aromatic carbocycles. The zero-order valence-corrected chi connectivity index (χ0v) is 11.5. The largest absolute Gasteiger partial charge is 0.495 e. The van der Waals surface area contributed by atoms with Crippen LogP contribution in [0, 0.1) is 5.82 Å². The molecule has 1 unspecified atom stereocenters. The number of methoxy groups -OCH3 is 1. The lowest BCUT2D eigenvalue weighted by Crippen LogP contribution is -2.40. The van der Waals surface area contributed by atoms with E-state index < -0.39 is 0 Å². The average Bonchev–Trinajstić information content (AvgIpc) is 2.39. The topological polar surface area (TPSA) is 47.7 Å². The molecule has 0 saturated carbocycles. The van der Waals surface area contributed by atoms with Gasteiger partial charge < -0.3 is 20.1 Å². The molecule has 0 radical (unpaired) electrons. The lowest BCUT2D eigenvalue weighted by Gasteiger charge is -2.34. The standard InChI is InChI=1S/C14H21FN2O2/c1-3-19-10-5-4-6-17(9-10)13-8-14(18-2)12(16)7-11(13)15/h7-8,10H,3-6,9,16H2,1-2H3. The summed E-state index contributed by atoms with van der Waals surface area (Å²) in [5.74, 6) is 0.199. The van der Waals surface area contributed by atoms with E-state index in [2.05, 4.69) is 0 Å². The van der Waals surface area contributed by atoms with Gasteiger partial charge in [0.2, 0.25) is 0 Å². The lowest BCUT2D eigenvalue weighted by atomic mass is 10.1. The molecule has 1 aliphatic heterocycles. The average molecular weight is 268 g/mol. The third-order valence-corrected chi connectivity index (χ3v) is 3.42. The van der Waals surface area contributed by atoms with Crippen LogP contribution < -0.4 is 15.4 Å². The minimum atomic E-state index is -0.310. The highest BCUT2D eigenvalue weighted by molar-refractivity contribution is 5.63. The van der Waals surface area contributed by atoms with E-state index in [1.54, 1.807) is 6.07 Å². The van der Waals surface area contributed by atoms with Crippen molar-refractivity contribution in [2.45, 2.75) is 25.9 Å². The number of ether oxygens (including phenoxy) is 2. The van der Waals surface area contributed by atoms with Crippen LogP contribution in [0.2, 0.25) is 0 Å². The molecule has 1 atom stereocenters. The first-order chi connectivity index (χ1) is 9.15. The van der Waals surface area contributed by atoms with Crippen LogP contribution in [-0.2, 0) is 4.74 Å². The molecule has 0 bridgehead atoms. The summed E-state index contributed by atoms with van der Waals surface area (Å²) in [4.78, 5) is 2.00. The number of nitrogens with two attached hydrogens (primary N) is 1. The highest BCUT2D eigenvalue weighted by Crippen LogP contribution is 2.32. The molecular formula is C14H21FN2O2. The van der Waals surface area contributed by atoms with Gasteiger partial charge in [0.1, 0.15) is 11.6 Å². The van der Waals surface area contributed by atoms with Crippen molar-refractivity contribution >= 4 is 11.4 Å². The Bertz CT molecular complexity index is 438. The summed E-state index contributed by atoms with van der Waals surface area (Å²) in [7, 11) is 1.53. The van der Waals surface area contributed by atoms with Crippen LogP contribution in [0.1, 0.15) is 19.8 Å². The summed E-state index contributed by atoms with van der Waals surface area (Å²) in [6, 6.07) is 2.98. The Hall–Kier alpha value is -1.49. The van der Waals surface area contributed by atoms with E-state index in [1.165, 1.54) is 13.2 Å². The Labute approximate surface area is 113 Å². The summed E-state index contributed by atoms with van der Waals surface area (Å²) >= 11 is 0. The second-order valence-electron chi connectivity index (χ2n) is 4.71. The smallest absolute Gasteiger partial charge is 0.148 e. The molecule has 0 aliphatic carbocycles. The zero-order valence-electron chi connectivity index (χ0n) is 11.5. The fourth-order valence-corrected chi connectivity index (χ4v) is 2.51. The molecule has 4 nitrogen and oxygen atoms in total. The highest BCUT2D eigenvalue weighted by Gasteiger charge is 2.23. The van der Waals surface area contributed by atoms with Gasteiger partial charge in [-0.2, -0.15) is 0 Å². The molecule has 2 N–H and O–H groups in total. The maximum absolute atomic E-state index is 14.0. The maximum Gasteiger partial charge on any atom is 0.148 e. The molecule has 1 aliphatic rings. The summed E-state index contributed by atoms with van der Waals surface area (Å²) in [5, 5.41) is 0. The Kier molecular flexibility index (Phi) is 4.47. The molecule has 19 heavy (non-hydrogen) atoms. The molecule has 1 fully saturated rings. The highest BCUT2D eigenvalue weighted by atomic mass is 19.1. The van der Waals surface area contributed by atoms with Gasteiger partial charge in [-0.25, -0.2) is 4.39 Å². The second kappa shape index (κ2) is 6.10. The van der Waals surface area contributed by atoms with Crippen molar-refractivity contribution in [3.63, 3.8) is 0 Å². The fraction of sp³-hybridized carbons (Fsp3) is 0.571. The van der Waals surface area contributed by atoms with E-state index >= 15 is 0 Å². The summed E-state index contributed by atoms with van der Waals surface area (Å²) in [6.07, 6.45) is 2.19. The zero-order chi connectivity index (χ0) is 13.8. The third kappa shape index (κ3) is 3.10. The van der Waals surface area contributed by atoms with Gasteiger partial charge in [0.25, 0.3) is 0 Å². The van der Waals surface area contributed by atoms with Gasteiger partial charge in [-0.05, 0) is 19.8 Å². The first kappa shape index (κ1) is 13.9. The van der Waals surface area contributed by atoms with Gasteiger partial charge in [0.05, 0.1) is 24.6 Å². The van der Waals surface area contributed by atoms with Crippen molar-refractivity contribution in [1.82, 2.24) is 0 Å². The van der Waals surface area contributed by atoms with E-state index in [4.69, 9.17) is 15.2 Å². The first-order valence-corrected chi connectivity index (χ1v) is 6.65. The predicted octanol–water partition coefficient (Wildman–Crippen LogP) is 2.42. The number of rotatable bonds is 4.